The summed E-state index contributed by atoms with van der Waals surface area (Å²) in [6, 6.07) is 11.7. The zero-order valence-electron chi connectivity index (χ0n) is 12.0. The van der Waals surface area contributed by atoms with Gasteiger partial charge in [0.2, 0.25) is 0 Å². The molecule has 2 aromatic rings. The molecule has 0 spiro atoms. The summed E-state index contributed by atoms with van der Waals surface area (Å²) >= 11 is 0. The fraction of sp³-hybridized carbons (Fsp3) is 0.0588. The van der Waals surface area contributed by atoms with Gasteiger partial charge in [-0.25, -0.2) is 13.6 Å². The molecule has 0 aromatic heterocycles. The van der Waals surface area contributed by atoms with E-state index >= 15 is 0 Å². The summed E-state index contributed by atoms with van der Waals surface area (Å²) in [5, 5.41) is 2.12. The Morgan fingerprint density at radius 3 is 2.57 bits per heavy atom. The second kappa shape index (κ2) is 7.84. The number of anilines is 1. The molecule has 1 N–H and O–H groups in total. The van der Waals surface area contributed by atoms with Gasteiger partial charge in [-0.2, -0.15) is 0 Å². The second-order valence-electron chi connectivity index (χ2n) is 4.52. The van der Waals surface area contributed by atoms with Crippen molar-refractivity contribution in [3.05, 3.63) is 71.8 Å². The third-order valence-electron chi connectivity index (χ3n) is 2.76. The van der Waals surface area contributed by atoms with Crippen LogP contribution in [0, 0.1) is 11.6 Å². The Labute approximate surface area is 131 Å². The molecule has 23 heavy (non-hydrogen) atoms. The standard InChI is InChI=1S/C17H13F2NO3/c18-13-7-8-14(19)15(10-13)20-16(21)11-23-17(22)9-6-12-4-2-1-3-5-12/h1-10H,11H2,(H,20,21)/b9-6+. The molecular weight excluding hydrogens is 304 g/mol. The molecule has 0 bridgehead atoms. The number of esters is 1. The van der Waals surface area contributed by atoms with Crippen molar-refractivity contribution in [2.24, 2.45) is 0 Å². The van der Waals surface area contributed by atoms with Crippen molar-refractivity contribution in [2.45, 2.75) is 0 Å². The zero-order chi connectivity index (χ0) is 16.7. The molecule has 6 heteroatoms. The first-order valence-electron chi connectivity index (χ1n) is 6.69. The smallest absolute Gasteiger partial charge is 0.331 e. The number of hydrogen-bond acceptors (Lipinski definition) is 3. The summed E-state index contributed by atoms with van der Waals surface area (Å²) in [7, 11) is 0. The van der Waals surface area contributed by atoms with Crippen LogP contribution in [-0.4, -0.2) is 18.5 Å². The van der Waals surface area contributed by atoms with Crippen LogP contribution in [0.25, 0.3) is 6.08 Å². The average molecular weight is 317 g/mol. The number of amides is 1. The number of benzene rings is 2. The van der Waals surface area contributed by atoms with Crippen LogP contribution >= 0.6 is 0 Å². The van der Waals surface area contributed by atoms with E-state index < -0.39 is 30.1 Å². The Morgan fingerprint density at radius 2 is 1.83 bits per heavy atom. The quantitative estimate of drug-likeness (QED) is 0.681. The third kappa shape index (κ3) is 5.35. The lowest BCUT2D eigenvalue weighted by atomic mass is 10.2. The lowest BCUT2D eigenvalue weighted by Gasteiger charge is -2.06. The van der Waals surface area contributed by atoms with E-state index in [0.29, 0.717) is 0 Å². The van der Waals surface area contributed by atoms with Gasteiger partial charge in [0.25, 0.3) is 5.91 Å². The van der Waals surface area contributed by atoms with E-state index in [1.807, 2.05) is 18.2 Å². The van der Waals surface area contributed by atoms with E-state index in [1.165, 1.54) is 12.2 Å². The van der Waals surface area contributed by atoms with Gasteiger partial charge in [-0.1, -0.05) is 30.3 Å². The number of nitrogens with one attached hydrogen (secondary N) is 1. The molecule has 118 valence electrons. The average Bonchev–Trinajstić information content (AvgIpc) is 2.55. The third-order valence-corrected chi connectivity index (χ3v) is 2.76. The normalized spacial score (nSPS) is 10.5. The number of hydrogen-bond donors (Lipinski definition) is 1. The summed E-state index contributed by atoms with van der Waals surface area (Å²) < 4.78 is 31.0. The first-order chi connectivity index (χ1) is 11.0. The Balaban J connectivity index is 1.83. The summed E-state index contributed by atoms with van der Waals surface area (Å²) in [5.41, 5.74) is 0.488. The maximum atomic E-state index is 13.3. The van der Waals surface area contributed by atoms with Crippen molar-refractivity contribution in [3.8, 4) is 0 Å². The van der Waals surface area contributed by atoms with E-state index in [9.17, 15) is 18.4 Å². The minimum atomic E-state index is -0.782. The van der Waals surface area contributed by atoms with Gasteiger partial charge in [0.1, 0.15) is 11.6 Å². The van der Waals surface area contributed by atoms with E-state index in [0.717, 1.165) is 23.8 Å². The minimum absolute atomic E-state index is 0.314. The van der Waals surface area contributed by atoms with E-state index in [4.69, 9.17) is 4.74 Å². The number of rotatable bonds is 5. The molecule has 4 nitrogen and oxygen atoms in total. The van der Waals surface area contributed by atoms with E-state index in [2.05, 4.69) is 5.32 Å². The molecule has 0 atom stereocenters. The summed E-state index contributed by atoms with van der Waals surface area (Å²) in [6.45, 7) is -0.603. The monoisotopic (exact) mass is 317 g/mol. The second-order valence-corrected chi connectivity index (χ2v) is 4.52. The molecule has 0 unspecified atom stereocenters. The van der Waals surface area contributed by atoms with Gasteiger partial charge in [0.05, 0.1) is 5.69 Å². The van der Waals surface area contributed by atoms with Crippen LogP contribution in [0.5, 0.6) is 0 Å². The molecule has 0 aliphatic rings. The molecule has 0 radical (unpaired) electrons. The molecular formula is C17H13F2NO3. The van der Waals surface area contributed by atoms with Crippen molar-refractivity contribution in [1.29, 1.82) is 0 Å². The highest BCUT2D eigenvalue weighted by molar-refractivity contribution is 5.94. The molecule has 0 saturated carbocycles. The van der Waals surface area contributed by atoms with Crippen molar-refractivity contribution in [1.82, 2.24) is 0 Å². The molecule has 0 aliphatic heterocycles. The van der Waals surface area contributed by atoms with Crippen molar-refractivity contribution >= 4 is 23.6 Å². The number of carbonyl (C=O) groups excluding carboxylic acids is 2. The topological polar surface area (TPSA) is 55.4 Å². The molecule has 0 aliphatic carbocycles. The predicted molar refractivity (Wildman–Crippen MR) is 81.4 cm³/mol. The van der Waals surface area contributed by atoms with E-state index in [-0.39, 0.29) is 5.69 Å². The fourth-order valence-corrected chi connectivity index (χ4v) is 1.69. The largest absolute Gasteiger partial charge is 0.452 e. The first-order valence-corrected chi connectivity index (χ1v) is 6.69. The van der Waals surface area contributed by atoms with Crippen LogP contribution in [-0.2, 0) is 14.3 Å². The molecule has 1 amide bonds. The van der Waals surface area contributed by atoms with Crippen molar-refractivity contribution in [2.75, 3.05) is 11.9 Å². The predicted octanol–water partition coefficient (Wildman–Crippen LogP) is 3.16. The number of ether oxygens (including phenoxy) is 1. The van der Waals surface area contributed by atoms with Crippen molar-refractivity contribution in [3.63, 3.8) is 0 Å². The molecule has 0 heterocycles. The first kappa shape index (κ1) is 16.4. The van der Waals surface area contributed by atoms with Crippen LogP contribution < -0.4 is 5.32 Å². The molecule has 2 rings (SSSR count). The van der Waals surface area contributed by atoms with Crippen LogP contribution in [0.3, 0.4) is 0 Å². The van der Waals surface area contributed by atoms with Crippen LogP contribution in [0.2, 0.25) is 0 Å². The van der Waals surface area contributed by atoms with Crippen LogP contribution in [0.15, 0.2) is 54.6 Å². The highest BCUT2D eigenvalue weighted by Gasteiger charge is 2.09. The maximum absolute atomic E-state index is 13.3. The van der Waals surface area contributed by atoms with Crippen LogP contribution in [0.4, 0.5) is 14.5 Å². The Kier molecular flexibility index (Phi) is 5.57. The van der Waals surface area contributed by atoms with Gasteiger partial charge >= 0.3 is 5.97 Å². The lowest BCUT2D eigenvalue weighted by Crippen LogP contribution is -2.20. The Bertz CT molecular complexity index is 730. The van der Waals surface area contributed by atoms with Gasteiger partial charge < -0.3 is 10.1 Å². The lowest BCUT2D eigenvalue weighted by molar-refractivity contribution is -0.142. The van der Waals surface area contributed by atoms with Gasteiger partial charge in [0.15, 0.2) is 6.61 Å². The van der Waals surface area contributed by atoms with Crippen LogP contribution in [0.1, 0.15) is 5.56 Å². The minimum Gasteiger partial charge on any atom is -0.452 e. The Hall–Kier alpha value is -3.02. The van der Waals surface area contributed by atoms with Gasteiger partial charge in [-0.15, -0.1) is 0 Å². The highest BCUT2D eigenvalue weighted by Crippen LogP contribution is 2.14. The fourth-order valence-electron chi connectivity index (χ4n) is 1.69. The molecule has 0 saturated heterocycles. The SMILES string of the molecule is O=C(COC(=O)/C=C/c1ccccc1)Nc1cc(F)ccc1F. The molecule has 2 aromatic carbocycles. The number of halogens is 2. The van der Waals surface area contributed by atoms with Gasteiger partial charge in [-0.05, 0) is 23.8 Å². The van der Waals surface area contributed by atoms with Gasteiger partial charge in [-0.3, -0.25) is 4.79 Å². The van der Waals surface area contributed by atoms with Gasteiger partial charge in [0, 0.05) is 12.1 Å². The Morgan fingerprint density at radius 1 is 1.09 bits per heavy atom. The van der Waals surface area contributed by atoms with E-state index in [1.54, 1.807) is 12.1 Å². The summed E-state index contributed by atoms with van der Waals surface area (Å²) in [4.78, 5) is 23.0. The molecule has 0 fully saturated rings. The highest BCUT2D eigenvalue weighted by atomic mass is 19.1. The summed E-state index contributed by atoms with van der Waals surface area (Å²) in [5.74, 6) is -2.96. The number of carbonyl (C=O) groups is 2. The zero-order valence-corrected chi connectivity index (χ0v) is 12.0. The maximum Gasteiger partial charge on any atom is 0.331 e. The summed E-state index contributed by atoms with van der Waals surface area (Å²) in [6.07, 6.45) is 2.71. The van der Waals surface area contributed by atoms with Crippen molar-refractivity contribution < 1.29 is 23.1 Å².